The van der Waals surface area contributed by atoms with Crippen LogP contribution in [-0.4, -0.2) is 33.4 Å². The third-order valence-corrected chi connectivity index (χ3v) is 6.08. The number of carbonyl (C=O) groups is 1. The summed E-state index contributed by atoms with van der Waals surface area (Å²) in [6, 6.07) is -0.150. The minimum Gasteiger partial charge on any atom is -0.349 e. The molecule has 1 saturated heterocycles. The average molecular weight is 465 g/mol. The van der Waals surface area contributed by atoms with Crippen LogP contribution in [0.5, 0.6) is 0 Å². The van der Waals surface area contributed by atoms with Crippen LogP contribution in [0.2, 0.25) is 0 Å². The molecule has 2 heterocycles. The lowest BCUT2D eigenvalue weighted by atomic mass is 10.1. The molecule has 156 valence electrons. The fourth-order valence-electron chi connectivity index (χ4n) is 2.80. The highest BCUT2D eigenvalue weighted by atomic mass is 35.5. The maximum Gasteiger partial charge on any atom is 0.434 e. The highest BCUT2D eigenvalue weighted by Gasteiger charge is 2.38. The van der Waals surface area contributed by atoms with E-state index >= 15 is 0 Å². The second kappa shape index (κ2) is 9.40. The number of rotatable bonds is 4. The van der Waals surface area contributed by atoms with Crippen LogP contribution in [0.1, 0.15) is 35.3 Å². The topological polar surface area (TPSA) is 66.9 Å². The van der Waals surface area contributed by atoms with Gasteiger partial charge in [-0.15, -0.1) is 0 Å². The van der Waals surface area contributed by atoms with Crippen molar-refractivity contribution >= 4 is 46.8 Å². The molecule has 1 aromatic rings. The van der Waals surface area contributed by atoms with Crippen molar-refractivity contribution in [1.29, 1.82) is 0 Å². The zero-order valence-corrected chi connectivity index (χ0v) is 17.4. The van der Waals surface area contributed by atoms with E-state index in [0.717, 1.165) is 30.5 Å². The molecule has 0 unspecified atom stereocenters. The lowest BCUT2D eigenvalue weighted by Gasteiger charge is -2.23. The largest absolute Gasteiger partial charge is 0.434 e. The zero-order valence-electron chi connectivity index (χ0n) is 15.0. The van der Waals surface area contributed by atoms with Crippen molar-refractivity contribution in [2.75, 3.05) is 16.8 Å². The maximum atomic E-state index is 13.5. The number of nitrogens with zero attached hydrogens (tertiary/aromatic N) is 2. The standard InChI is InChI=1S/C18H17Cl2F3N4OS/c19-13-3-1-2-11(8-14(13)20)26-17-24-9-12(15(27-17)18(21,22)23)16(28)25-10-4-6-29-7-5-10/h2-3,8-10H,1,4-7H2,(H,25,28)(H,24,26,27). The van der Waals surface area contributed by atoms with Crippen LogP contribution in [-0.2, 0) is 6.18 Å². The minimum absolute atomic E-state index is 0.150. The van der Waals surface area contributed by atoms with Gasteiger partial charge < -0.3 is 10.6 Å². The van der Waals surface area contributed by atoms with Crippen LogP contribution < -0.4 is 10.6 Å². The van der Waals surface area contributed by atoms with Crippen LogP contribution in [0.4, 0.5) is 19.1 Å². The number of halogens is 5. The van der Waals surface area contributed by atoms with E-state index in [1.165, 1.54) is 6.08 Å². The molecule has 0 aromatic carbocycles. The smallest absolute Gasteiger partial charge is 0.349 e. The van der Waals surface area contributed by atoms with Crippen LogP contribution >= 0.6 is 35.0 Å². The Morgan fingerprint density at radius 3 is 2.59 bits per heavy atom. The summed E-state index contributed by atoms with van der Waals surface area (Å²) in [5, 5.41) is 5.91. The van der Waals surface area contributed by atoms with Crippen molar-refractivity contribution in [3.05, 3.63) is 51.4 Å². The second-order valence-corrected chi connectivity index (χ2v) is 8.42. The van der Waals surface area contributed by atoms with Crippen LogP contribution in [0, 0.1) is 0 Å². The van der Waals surface area contributed by atoms with Gasteiger partial charge >= 0.3 is 6.18 Å². The summed E-state index contributed by atoms with van der Waals surface area (Å²) in [6.45, 7) is 0. The molecule has 0 saturated carbocycles. The molecule has 1 fully saturated rings. The number of anilines is 1. The quantitative estimate of drug-likeness (QED) is 0.651. The first kappa shape index (κ1) is 22.0. The highest BCUT2D eigenvalue weighted by molar-refractivity contribution is 7.99. The van der Waals surface area contributed by atoms with Gasteiger partial charge in [0, 0.05) is 17.9 Å². The van der Waals surface area contributed by atoms with Crippen molar-refractivity contribution in [2.45, 2.75) is 31.5 Å². The number of nitrogens with one attached hydrogen (secondary N) is 2. The molecule has 1 aromatic heterocycles. The number of alkyl halides is 3. The molecule has 0 atom stereocenters. The summed E-state index contributed by atoms with van der Waals surface area (Å²) < 4.78 is 40.6. The van der Waals surface area contributed by atoms with E-state index in [-0.39, 0.29) is 17.0 Å². The Balaban J connectivity index is 1.83. The van der Waals surface area contributed by atoms with Gasteiger partial charge in [-0.1, -0.05) is 35.4 Å². The summed E-state index contributed by atoms with van der Waals surface area (Å²) >= 11 is 13.7. The second-order valence-electron chi connectivity index (χ2n) is 6.38. The first-order valence-corrected chi connectivity index (χ1v) is 10.7. The number of thioether (sulfide) groups is 1. The number of hydrogen-bond donors (Lipinski definition) is 2. The van der Waals surface area contributed by atoms with Crippen LogP contribution in [0.15, 0.2) is 40.2 Å². The molecule has 5 nitrogen and oxygen atoms in total. The first-order valence-electron chi connectivity index (χ1n) is 8.77. The van der Waals surface area contributed by atoms with Gasteiger partial charge in [0.15, 0.2) is 5.69 Å². The van der Waals surface area contributed by atoms with E-state index in [9.17, 15) is 18.0 Å². The minimum atomic E-state index is -4.81. The molecule has 0 bridgehead atoms. The molecular formula is C18H17Cl2F3N4OS. The molecule has 1 aliphatic carbocycles. The normalized spacial score (nSPS) is 18.3. The van der Waals surface area contributed by atoms with E-state index in [1.807, 2.05) is 0 Å². The molecule has 2 N–H and O–H groups in total. The number of hydrogen-bond acceptors (Lipinski definition) is 5. The molecule has 29 heavy (non-hydrogen) atoms. The van der Waals surface area contributed by atoms with E-state index in [2.05, 4.69) is 20.6 Å². The van der Waals surface area contributed by atoms with Gasteiger partial charge in [0.25, 0.3) is 5.91 Å². The Morgan fingerprint density at radius 2 is 1.90 bits per heavy atom. The third-order valence-electron chi connectivity index (χ3n) is 4.26. The summed E-state index contributed by atoms with van der Waals surface area (Å²) in [5.74, 6) is 0.599. The van der Waals surface area contributed by atoms with Crippen molar-refractivity contribution in [1.82, 2.24) is 15.3 Å². The fraction of sp³-hybridized carbons (Fsp3) is 0.389. The van der Waals surface area contributed by atoms with Crippen molar-refractivity contribution in [2.24, 2.45) is 0 Å². The van der Waals surface area contributed by atoms with Crippen molar-refractivity contribution in [3.8, 4) is 0 Å². The van der Waals surface area contributed by atoms with Gasteiger partial charge in [0.05, 0.1) is 15.6 Å². The Hall–Kier alpha value is -1.71. The average Bonchev–Trinajstić information content (AvgIpc) is 2.82. The molecule has 1 aliphatic heterocycles. The molecule has 3 rings (SSSR count). The molecule has 2 aliphatic rings. The lowest BCUT2D eigenvalue weighted by Crippen LogP contribution is -2.38. The van der Waals surface area contributed by atoms with Gasteiger partial charge in [0.1, 0.15) is 0 Å². The molecular weight excluding hydrogens is 448 g/mol. The SMILES string of the molecule is O=C(NC1CCSCC1)c1cnc(NC2=CCC=C(Cl)C(Cl)=C2)nc1C(F)(F)F. The molecule has 0 spiro atoms. The van der Waals surface area contributed by atoms with Gasteiger partial charge in [-0.05, 0) is 36.8 Å². The lowest BCUT2D eigenvalue weighted by molar-refractivity contribution is -0.141. The Bertz CT molecular complexity index is 880. The number of allylic oxidation sites excluding steroid dienone is 5. The summed E-state index contributed by atoms with van der Waals surface area (Å²) in [6.07, 6.45) is 2.74. The Labute approximate surface area is 179 Å². The van der Waals surface area contributed by atoms with E-state index in [1.54, 1.807) is 23.9 Å². The van der Waals surface area contributed by atoms with Crippen molar-refractivity contribution < 1.29 is 18.0 Å². The predicted molar refractivity (Wildman–Crippen MR) is 109 cm³/mol. The van der Waals surface area contributed by atoms with Gasteiger partial charge in [-0.2, -0.15) is 24.9 Å². The maximum absolute atomic E-state index is 13.5. The van der Waals surface area contributed by atoms with Crippen LogP contribution in [0.25, 0.3) is 0 Å². The summed E-state index contributed by atoms with van der Waals surface area (Å²) in [5.41, 5.74) is -1.50. The predicted octanol–water partition coefficient (Wildman–Crippen LogP) is 5.07. The van der Waals surface area contributed by atoms with Gasteiger partial charge in [-0.25, -0.2) is 9.97 Å². The van der Waals surface area contributed by atoms with Gasteiger partial charge in [0.2, 0.25) is 5.95 Å². The number of aromatic nitrogens is 2. The summed E-state index contributed by atoms with van der Waals surface area (Å²) in [7, 11) is 0. The zero-order chi connectivity index (χ0) is 21.0. The number of carbonyl (C=O) groups excluding carboxylic acids is 1. The third kappa shape index (κ3) is 5.90. The van der Waals surface area contributed by atoms with Crippen LogP contribution in [0.3, 0.4) is 0 Å². The van der Waals surface area contributed by atoms with Crippen molar-refractivity contribution in [3.63, 3.8) is 0 Å². The van der Waals surface area contributed by atoms with E-state index < -0.39 is 23.3 Å². The van der Waals surface area contributed by atoms with E-state index in [0.29, 0.717) is 17.2 Å². The molecule has 0 radical (unpaired) electrons. The monoisotopic (exact) mass is 464 g/mol. The highest BCUT2D eigenvalue weighted by Crippen LogP contribution is 2.32. The Kier molecular flexibility index (Phi) is 7.13. The summed E-state index contributed by atoms with van der Waals surface area (Å²) in [4.78, 5) is 19.9. The fourth-order valence-corrected chi connectivity index (χ4v) is 4.24. The van der Waals surface area contributed by atoms with E-state index in [4.69, 9.17) is 23.2 Å². The Morgan fingerprint density at radius 1 is 1.17 bits per heavy atom. The van der Waals surface area contributed by atoms with Gasteiger partial charge in [-0.3, -0.25) is 4.79 Å². The first-order chi connectivity index (χ1) is 13.7. The number of amides is 1. The molecule has 1 amide bonds. The molecule has 11 heteroatoms.